The molecule has 0 aromatic rings. The average molecular weight is 474 g/mol. The lowest BCUT2D eigenvalue weighted by molar-refractivity contribution is -0.315. The summed E-state index contributed by atoms with van der Waals surface area (Å²) in [4.78, 5) is 33.6. The van der Waals surface area contributed by atoms with Crippen LogP contribution in [-0.2, 0) is 23.9 Å². The van der Waals surface area contributed by atoms with Gasteiger partial charge >= 0.3 is 11.9 Å². The second-order valence-corrected chi connectivity index (χ2v) is 8.72. The van der Waals surface area contributed by atoms with E-state index in [4.69, 9.17) is 14.6 Å². The van der Waals surface area contributed by atoms with Gasteiger partial charge in [0.2, 0.25) is 0 Å². The van der Waals surface area contributed by atoms with Crippen molar-refractivity contribution < 1.29 is 39.2 Å². The predicted octanol–water partition coefficient (Wildman–Crippen LogP) is 3.20. The number of carbonyl (C=O) groups excluding carboxylic acids is 3. The summed E-state index contributed by atoms with van der Waals surface area (Å²) in [7, 11) is 0. The van der Waals surface area contributed by atoms with Gasteiger partial charge in [0.25, 0.3) is 0 Å². The second kappa shape index (κ2) is 22.1. The summed E-state index contributed by atoms with van der Waals surface area (Å²) in [6.45, 7) is 1.31. The van der Waals surface area contributed by atoms with Crippen molar-refractivity contribution in [3.8, 4) is 0 Å². The fourth-order valence-corrected chi connectivity index (χ4v) is 3.50. The number of rotatable bonds is 23. The van der Waals surface area contributed by atoms with Gasteiger partial charge in [-0.25, -0.2) is 0 Å². The maximum Gasteiger partial charge on any atom is 0.308 e. The number of carboxylic acid groups (broad SMARTS) is 1. The van der Waals surface area contributed by atoms with Crippen LogP contribution < -0.4 is 5.11 Å². The molecule has 0 spiro atoms. The maximum absolute atomic E-state index is 11.9. The van der Waals surface area contributed by atoms with Gasteiger partial charge in [-0.1, -0.05) is 96.8 Å². The Morgan fingerprint density at radius 2 is 1.21 bits per heavy atom. The van der Waals surface area contributed by atoms with E-state index < -0.39 is 49.8 Å². The first-order valence-corrected chi connectivity index (χ1v) is 12.8. The summed E-state index contributed by atoms with van der Waals surface area (Å²) in [5.74, 6) is -3.24. The highest BCUT2D eigenvalue weighted by Gasteiger charge is 2.18. The van der Waals surface area contributed by atoms with Crippen molar-refractivity contribution in [2.45, 2.75) is 128 Å². The van der Waals surface area contributed by atoms with Gasteiger partial charge in [-0.2, -0.15) is 0 Å². The average Bonchev–Trinajstić information content (AvgIpc) is 2.79. The van der Waals surface area contributed by atoms with Crippen molar-refractivity contribution in [2.75, 3.05) is 13.2 Å². The molecule has 33 heavy (non-hydrogen) atoms. The third-order valence-electron chi connectivity index (χ3n) is 5.55. The van der Waals surface area contributed by atoms with E-state index in [2.05, 4.69) is 6.92 Å². The van der Waals surface area contributed by atoms with Crippen molar-refractivity contribution in [1.82, 2.24) is 0 Å². The quantitative estimate of drug-likeness (QED) is 0.171. The highest BCUT2D eigenvalue weighted by Crippen LogP contribution is 2.14. The molecule has 0 rings (SSSR count). The topological polar surface area (TPSA) is 133 Å². The monoisotopic (exact) mass is 473 g/mol. The molecule has 0 aromatic heterocycles. The number of hydrogen-bond donors (Lipinski definition) is 2. The predicted molar refractivity (Wildman–Crippen MR) is 123 cm³/mol. The van der Waals surface area contributed by atoms with Gasteiger partial charge in [-0.15, -0.1) is 0 Å². The summed E-state index contributed by atoms with van der Waals surface area (Å²) in [6, 6.07) is 0. The summed E-state index contributed by atoms with van der Waals surface area (Å²) >= 11 is 0. The smallest absolute Gasteiger partial charge is 0.308 e. The number of aliphatic carboxylic acids is 1. The van der Waals surface area contributed by atoms with Crippen molar-refractivity contribution in [3.05, 3.63) is 0 Å². The molecule has 0 aliphatic heterocycles. The van der Waals surface area contributed by atoms with Crippen molar-refractivity contribution in [1.29, 1.82) is 0 Å². The van der Waals surface area contributed by atoms with E-state index in [1.165, 1.54) is 77.0 Å². The Morgan fingerprint density at radius 3 is 1.64 bits per heavy atom. The first kappa shape index (κ1) is 31.3. The van der Waals surface area contributed by atoms with Crippen LogP contribution in [0.25, 0.3) is 0 Å². The van der Waals surface area contributed by atoms with Crippen LogP contribution in [-0.4, -0.2) is 53.5 Å². The summed E-state index contributed by atoms with van der Waals surface area (Å²) in [6.07, 6.45) is 15.0. The number of carbonyl (C=O) groups is 3. The fourth-order valence-electron chi connectivity index (χ4n) is 3.50. The fraction of sp³-hybridized carbons (Fsp3) is 0.880. The molecule has 0 radical (unpaired) electrons. The minimum absolute atomic E-state index is 0.228. The zero-order valence-electron chi connectivity index (χ0n) is 20.4. The van der Waals surface area contributed by atoms with Gasteiger partial charge < -0.3 is 29.6 Å². The molecule has 8 nitrogen and oxygen atoms in total. The number of aliphatic hydroxyl groups is 2. The van der Waals surface area contributed by atoms with Gasteiger partial charge in [-0.05, 0) is 6.42 Å². The van der Waals surface area contributed by atoms with E-state index in [1.807, 2.05) is 0 Å². The van der Waals surface area contributed by atoms with Gasteiger partial charge in [0, 0.05) is 6.42 Å². The summed E-state index contributed by atoms with van der Waals surface area (Å²) in [5.41, 5.74) is 0. The van der Waals surface area contributed by atoms with Crippen LogP contribution in [0.2, 0.25) is 0 Å². The number of carboxylic acids is 1. The Labute approximate surface area is 199 Å². The van der Waals surface area contributed by atoms with Crippen LogP contribution in [0.3, 0.4) is 0 Å². The van der Waals surface area contributed by atoms with Crippen LogP contribution in [0.1, 0.15) is 116 Å². The van der Waals surface area contributed by atoms with Crippen molar-refractivity contribution in [3.63, 3.8) is 0 Å². The maximum atomic E-state index is 11.9. The molecule has 0 fully saturated rings. The number of unbranched alkanes of at least 4 members (excludes halogenated alkanes) is 14. The molecule has 2 N–H and O–H groups in total. The van der Waals surface area contributed by atoms with Crippen LogP contribution in [0.15, 0.2) is 0 Å². The first-order valence-electron chi connectivity index (χ1n) is 12.8. The van der Waals surface area contributed by atoms with Crippen LogP contribution >= 0.6 is 0 Å². The number of aliphatic hydroxyl groups excluding tert-OH is 2. The van der Waals surface area contributed by atoms with Gasteiger partial charge in [0.15, 0.2) is 6.10 Å². The molecule has 8 heteroatoms. The standard InChI is InChI=1S/C25H46O8/c1-2-3-4-5-6-7-8-9-10-11-12-13-14-15-16-17-23(28)33-21(19-26)20-32-24(29)18-22(27)25(30)31/h21-22,26-27H,2-20H2,1H3,(H,30,31)/p-1. The van der Waals surface area contributed by atoms with Crippen LogP contribution in [0.5, 0.6) is 0 Å². The number of esters is 2. The van der Waals surface area contributed by atoms with E-state index >= 15 is 0 Å². The minimum atomic E-state index is -1.96. The molecule has 0 aliphatic rings. The molecule has 0 saturated carbocycles. The second-order valence-electron chi connectivity index (χ2n) is 8.72. The SMILES string of the molecule is CCCCCCCCCCCCCCCCCC(=O)OC(CO)COC(=O)CC(O)C(=O)[O-]. The lowest BCUT2D eigenvalue weighted by Gasteiger charge is -2.16. The lowest BCUT2D eigenvalue weighted by Crippen LogP contribution is -2.37. The van der Waals surface area contributed by atoms with E-state index in [1.54, 1.807) is 0 Å². The van der Waals surface area contributed by atoms with Crippen LogP contribution in [0.4, 0.5) is 0 Å². The molecule has 0 heterocycles. The Kier molecular flexibility index (Phi) is 21.0. The molecule has 2 atom stereocenters. The Hall–Kier alpha value is -1.67. The molecule has 2 unspecified atom stereocenters. The van der Waals surface area contributed by atoms with Crippen molar-refractivity contribution >= 4 is 17.9 Å². The van der Waals surface area contributed by atoms with E-state index in [0.717, 1.165) is 12.8 Å². The highest BCUT2D eigenvalue weighted by atomic mass is 16.6. The molecule has 194 valence electrons. The van der Waals surface area contributed by atoms with E-state index in [-0.39, 0.29) is 6.42 Å². The zero-order valence-corrected chi connectivity index (χ0v) is 20.4. The molecule has 0 bridgehead atoms. The largest absolute Gasteiger partial charge is 0.547 e. The van der Waals surface area contributed by atoms with Crippen LogP contribution in [0, 0.1) is 0 Å². The van der Waals surface area contributed by atoms with Crippen molar-refractivity contribution in [2.24, 2.45) is 0 Å². The van der Waals surface area contributed by atoms with Gasteiger partial charge in [0.1, 0.15) is 12.7 Å². The molecule has 0 amide bonds. The Balaban J connectivity index is 3.57. The minimum Gasteiger partial charge on any atom is -0.547 e. The third-order valence-corrected chi connectivity index (χ3v) is 5.55. The normalized spacial score (nSPS) is 12.8. The molecule has 0 aromatic carbocycles. The molecular formula is C25H45O8-. The summed E-state index contributed by atoms with van der Waals surface area (Å²) < 4.78 is 9.78. The zero-order chi connectivity index (χ0) is 24.7. The molecule has 0 aliphatic carbocycles. The first-order chi connectivity index (χ1) is 15.9. The number of ether oxygens (including phenoxy) is 2. The van der Waals surface area contributed by atoms with E-state index in [9.17, 15) is 24.6 Å². The highest BCUT2D eigenvalue weighted by molar-refractivity contribution is 5.79. The Bertz CT molecular complexity index is 509. The third kappa shape index (κ3) is 20.7. The van der Waals surface area contributed by atoms with Gasteiger partial charge in [-0.3, -0.25) is 9.59 Å². The lowest BCUT2D eigenvalue weighted by atomic mass is 10.0. The van der Waals surface area contributed by atoms with E-state index in [0.29, 0.717) is 6.42 Å². The Morgan fingerprint density at radius 1 is 0.758 bits per heavy atom. The molecule has 0 saturated heterocycles. The summed E-state index contributed by atoms with van der Waals surface area (Å²) in [5, 5.41) is 28.6. The van der Waals surface area contributed by atoms with Gasteiger partial charge in [0.05, 0.1) is 19.0 Å². The number of hydrogen-bond acceptors (Lipinski definition) is 8. The molecular weight excluding hydrogens is 428 g/mol.